The first-order valence-corrected chi connectivity index (χ1v) is 5.04. The molecule has 4 N–H and O–H groups in total. The highest BCUT2D eigenvalue weighted by Gasteiger charge is 2.50. The van der Waals surface area contributed by atoms with E-state index < -0.39 is 35.5 Å². The lowest BCUT2D eigenvalue weighted by Gasteiger charge is -2.43. The van der Waals surface area contributed by atoms with Crippen molar-refractivity contribution in [1.29, 1.82) is 0 Å². The second-order valence-electron chi connectivity index (χ2n) is 4.38. The maximum Gasteiger partial charge on any atom is 0.320 e. The number of piperidine rings is 1. The highest BCUT2D eigenvalue weighted by atomic mass is 16.4. The molecule has 4 atom stereocenters. The van der Waals surface area contributed by atoms with E-state index in [2.05, 4.69) is 5.32 Å². The Balaban J connectivity index is 2.34. The number of hydrogen-bond acceptors (Lipinski definition) is 4. The summed E-state index contributed by atoms with van der Waals surface area (Å²) >= 11 is 0. The van der Waals surface area contributed by atoms with Gasteiger partial charge in [0.05, 0.1) is 11.5 Å². The summed E-state index contributed by atoms with van der Waals surface area (Å²) in [6.45, 7) is 0. The van der Waals surface area contributed by atoms with E-state index in [0.29, 0.717) is 0 Å². The van der Waals surface area contributed by atoms with Crippen molar-refractivity contribution >= 4 is 11.9 Å². The Morgan fingerprint density at radius 3 is 2.56 bits per heavy atom. The van der Waals surface area contributed by atoms with Crippen molar-refractivity contribution in [2.75, 3.05) is 0 Å². The van der Waals surface area contributed by atoms with Crippen molar-refractivity contribution < 1.29 is 24.9 Å². The number of nitrogens with one attached hydrogen (secondary N) is 1. The summed E-state index contributed by atoms with van der Waals surface area (Å²) < 4.78 is 0. The minimum atomic E-state index is -1.15. The van der Waals surface area contributed by atoms with Crippen LogP contribution in [0, 0.1) is 5.41 Å². The molecule has 2 aliphatic rings. The van der Waals surface area contributed by atoms with Crippen LogP contribution in [0.15, 0.2) is 12.2 Å². The van der Waals surface area contributed by atoms with Gasteiger partial charge in [0, 0.05) is 6.04 Å². The standard InChI is InChI=1S/C10H13NO5/c12-7-1-2-10(9(15)16)3-5(7)11-6(4-10)8(13)14/h1-2,5-7,11-12H,3-4H2,(H,13,14)(H,15,16)/t5-,6+,7-,10-/m1/s1. The fourth-order valence-electron chi connectivity index (χ4n) is 2.39. The molecule has 0 saturated carbocycles. The molecule has 0 aromatic heterocycles. The summed E-state index contributed by atoms with van der Waals surface area (Å²) in [5, 5.41) is 30.4. The lowest BCUT2D eigenvalue weighted by atomic mass is 9.69. The number of carboxylic acid groups (broad SMARTS) is 2. The second-order valence-corrected chi connectivity index (χ2v) is 4.38. The lowest BCUT2D eigenvalue weighted by molar-refractivity contribution is -0.152. The van der Waals surface area contributed by atoms with Gasteiger partial charge in [-0.15, -0.1) is 0 Å². The Bertz CT molecular complexity index is 366. The quantitative estimate of drug-likeness (QED) is 0.460. The zero-order chi connectivity index (χ0) is 11.9. The number of carboxylic acids is 2. The first-order chi connectivity index (χ1) is 7.44. The summed E-state index contributed by atoms with van der Waals surface area (Å²) in [7, 11) is 0. The number of hydrogen-bond donors (Lipinski definition) is 4. The third-order valence-corrected chi connectivity index (χ3v) is 3.32. The van der Waals surface area contributed by atoms with Crippen LogP contribution in [0.25, 0.3) is 0 Å². The van der Waals surface area contributed by atoms with E-state index in [-0.39, 0.29) is 12.8 Å². The van der Waals surface area contributed by atoms with E-state index in [4.69, 9.17) is 5.11 Å². The van der Waals surface area contributed by atoms with E-state index in [1.165, 1.54) is 12.2 Å². The van der Waals surface area contributed by atoms with Crippen LogP contribution in [-0.2, 0) is 9.59 Å². The Morgan fingerprint density at radius 2 is 2.00 bits per heavy atom. The number of aliphatic carboxylic acids is 2. The molecule has 88 valence electrons. The van der Waals surface area contributed by atoms with Gasteiger partial charge in [-0.25, -0.2) is 0 Å². The van der Waals surface area contributed by atoms with Gasteiger partial charge in [-0.2, -0.15) is 0 Å². The van der Waals surface area contributed by atoms with Crippen LogP contribution in [0.1, 0.15) is 12.8 Å². The molecule has 1 saturated heterocycles. The summed E-state index contributed by atoms with van der Waals surface area (Å²) in [5.41, 5.74) is -1.15. The third-order valence-electron chi connectivity index (χ3n) is 3.32. The van der Waals surface area contributed by atoms with E-state index >= 15 is 0 Å². The molecule has 0 amide bonds. The predicted octanol–water partition coefficient (Wildman–Crippen LogP) is -0.807. The Labute approximate surface area is 91.6 Å². The Hall–Kier alpha value is -1.40. The van der Waals surface area contributed by atoms with E-state index in [1.54, 1.807) is 0 Å². The average Bonchev–Trinajstić information content (AvgIpc) is 2.23. The molecule has 6 heteroatoms. The van der Waals surface area contributed by atoms with Crippen LogP contribution in [0.5, 0.6) is 0 Å². The normalized spacial score (nSPS) is 41.7. The van der Waals surface area contributed by atoms with Crippen molar-refractivity contribution in [2.24, 2.45) is 5.41 Å². The molecule has 0 unspecified atom stereocenters. The Morgan fingerprint density at radius 1 is 1.31 bits per heavy atom. The molecule has 1 aliphatic heterocycles. The number of fused-ring (bicyclic) bond motifs is 2. The Kier molecular flexibility index (Phi) is 2.47. The molecule has 0 radical (unpaired) electrons. The fraction of sp³-hybridized carbons (Fsp3) is 0.600. The van der Waals surface area contributed by atoms with Crippen molar-refractivity contribution in [2.45, 2.75) is 31.0 Å². The van der Waals surface area contributed by atoms with Crippen LogP contribution in [0.3, 0.4) is 0 Å². The molecule has 6 nitrogen and oxygen atoms in total. The van der Waals surface area contributed by atoms with Gasteiger partial charge in [-0.05, 0) is 12.8 Å². The summed E-state index contributed by atoms with van der Waals surface area (Å²) in [6.07, 6.45) is 2.26. The van der Waals surface area contributed by atoms with Gasteiger partial charge in [0.1, 0.15) is 6.04 Å². The lowest BCUT2D eigenvalue weighted by Crippen LogP contribution is -2.60. The maximum atomic E-state index is 11.2. The molecule has 2 bridgehead atoms. The zero-order valence-corrected chi connectivity index (χ0v) is 8.46. The van der Waals surface area contributed by atoms with Gasteiger partial charge >= 0.3 is 11.9 Å². The number of carbonyl (C=O) groups is 2. The monoisotopic (exact) mass is 227 g/mol. The molecule has 1 aliphatic carbocycles. The molecular weight excluding hydrogens is 214 g/mol. The van der Waals surface area contributed by atoms with Crippen molar-refractivity contribution in [3.05, 3.63) is 12.2 Å². The SMILES string of the molecule is O=C(O)[C@@H]1C[C@@]2(C(=O)O)C=C[C@@H](O)[C@@H](C2)N1. The van der Waals surface area contributed by atoms with Crippen LogP contribution in [0.4, 0.5) is 0 Å². The highest BCUT2D eigenvalue weighted by Crippen LogP contribution is 2.39. The van der Waals surface area contributed by atoms with Gasteiger partial charge < -0.3 is 15.3 Å². The zero-order valence-electron chi connectivity index (χ0n) is 8.46. The van der Waals surface area contributed by atoms with Crippen LogP contribution in [-0.4, -0.2) is 45.4 Å². The largest absolute Gasteiger partial charge is 0.481 e. The molecule has 0 spiro atoms. The fourth-order valence-corrected chi connectivity index (χ4v) is 2.39. The van der Waals surface area contributed by atoms with Crippen molar-refractivity contribution in [3.8, 4) is 0 Å². The van der Waals surface area contributed by atoms with E-state index in [0.717, 1.165) is 0 Å². The van der Waals surface area contributed by atoms with Crippen molar-refractivity contribution in [3.63, 3.8) is 0 Å². The summed E-state index contributed by atoms with van der Waals surface area (Å²) in [6, 6.07) is -1.43. The summed E-state index contributed by atoms with van der Waals surface area (Å²) in [5.74, 6) is -2.12. The second kappa shape index (κ2) is 3.57. The van der Waals surface area contributed by atoms with Gasteiger partial charge in [0.2, 0.25) is 0 Å². The first kappa shape index (κ1) is 11.1. The van der Waals surface area contributed by atoms with Crippen LogP contribution in [0.2, 0.25) is 0 Å². The molecule has 0 aromatic carbocycles. The molecular formula is C10H13NO5. The minimum Gasteiger partial charge on any atom is -0.481 e. The van der Waals surface area contributed by atoms with E-state index in [1.807, 2.05) is 0 Å². The topological polar surface area (TPSA) is 107 Å². The van der Waals surface area contributed by atoms with Gasteiger partial charge in [0.25, 0.3) is 0 Å². The van der Waals surface area contributed by atoms with Gasteiger partial charge in [-0.3, -0.25) is 14.9 Å². The highest BCUT2D eigenvalue weighted by molar-refractivity contribution is 5.81. The number of aliphatic hydroxyl groups excluding tert-OH is 1. The molecule has 2 rings (SSSR count). The van der Waals surface area contributed by atoms with Crippen LogP contribution >= 0.6 is 0 Å². The van der Waals surface area contributed by atoms with Crippen molar-refractivity contribution in [1.82, 2.24) is 5.32 Å². The molecule has 1 fully saturated rings. The summed E-state index contributed by atoms with van der Waals surface area (Å²) in [4.78, 5) is 22.1. The van der Waals surface area contributed by atoms with Gasteiger partial charge in [-0.1, -0.05) is 12.2 Å². The molecule has 0 aromatic rings. The van der Waals surface area contributed by atoms with Crippen LogP contribution < -0.4 is 5.32 Å². The maximum absolute atomic E-state index is 11.2. The first-order valence-electron chi connectivity index (χ1n) is 5.04. The number of rotatable bonds is 2. The average molecular weight is 227 g/mol. The minimum absolute atomic E-state index is 0.0113. The third kappa shape index (κ3) is 1.60. The van der Waals surface area contributed by atoms with E-state index in [9.17, 15) is 19.8 Å². The number of aliphatic hydroxyl groups is 1. The smallest absolute Gasteiger partial charge is 0.320 e. The predicted molar refractivity (Wildman–Crippen MR) is 52.8 cm³/mol. The van der Waals surface area contributed by atoms with Gasteiger partial charge in [0.15, 0.2) is 0 Å². The molecule has 1 heterocycles. The molecule has 16 heavy (non-hydrogen) atoms.